The summed E-state index contributed by atoms with van der Waals surface area (Å²) in [6, 6.07) is 0. The summed E-state index contributed by atoms with van der Waals surface area (Å²) in [6.45, 7) is 1.60. The lowest BCUT2D eigenvalue weighted by atomic mass is 10.2. The molecule has 0 N–H and O–H groups in total. The molecule has 0 aliphatic carbocycles. The van der Waals surface area contributed by atoms with Crippen molar-refractivity contribution in [3.63, 3.8) is 0 Å². The van der Waals surface area contributed by atoms with Crippen LogP contribution in [0.1, 0.15) is 13.8 Å². The highest BCUT2D eigenvalue weighted by Gasteiger charge is 2.52. The highest BCUT2D eigenvalue weighted by molar-refractivity contribution is 8.13. The first-order chi connectivity index (χ1) is 6.84. The molecular formula is C6H10N2O6S. The molecule has 0 atom stereocenters. The minimum Gasteiger partial charge on any atom is -0.442 e. The molecule has 0 aromatic carbocycles. The van der Waals surface area contributed by atoms with Gasteiger partial charge in [0.2, 0.25) is 6.61 Å². The van der Waals surface area contributed by atoms with Gasteiger partial charge in [-0.1, -0.05) is 6.92 Å². The van der Waals surface area contributed by atoms with E-state index in [0.29, 0.717) is 5.75 Å². The lowest BCUT2D eigenvalue weighted by Gasteiger charge is -2.11. The van der Waals surface area contributed by atoms with E-state index in [-0.39, 0.29) is 0 Å². The Balaban J connectivity index is 4.39. The molecule has 0 bridgehead atoms. The van der Waals surface area contributed by atoms with E-state index in [1.165, 1.54) is 0 Å². The second-order valence-corrected chi connectivity index (χ2v) is 3.90. The maximum Gasteiger partial charge on any atom is 0.488 e. The number of hydrogen-bond donors (Lipinski definition) is 0. The zero-order valence-electron chi connectivity index (χ0n) is 8.17. The molecule has 0 aromatic heterocycles. The number of nitrogens with zero attached hydrogens (tertiary/aromatic N) is 2. The Hall–Kier alpha value is -1.38. The topological polar surface area (TPSA) is 113 Å². The van der Waals surface area contributed by atoms with Gasteiger partial charge in [-0.3, -0.25) is 20.2 Å². The third-order valence-electron chi connectivity index (χ3n) is 1.51. The Morgan fingerprint density at radius 1 is 1.40 bits per heavy atom. The minimum atomic E-state index is -2.48. The zero-order chi connectivity index (χ0) is 12.1. The molecule has 0 fully saturated rings. The third-order valence-corrected chi connectivity index (χ3v) is 2.15. The fraction of sp³-hybridized carbons (Fsp3) is 0.833. The number of thioether (sulfide) groups is 1. The van der Waals surface area contributed by atoms with Crippen molar-refractivity contribution in [1.82, 2.24) is 0 Å². The Labute approximate surface area is 89.3 Å². The summed E-state index contributed by atoms with van der Waals surface area (Å²) in [4.78, 5) is 29.5. The van der Waals surface area contributed by atoms with Crippen molar-refractivity contribution in [1.29, 1.82) is 0 Å². The fourth-order valence-corrected chi connectivity index (χ4v) is 0.905. The van der Waals surface area contributed by atoms with Crippen LogP contribution >= 0.6 is 11.8 Å². The molecule has 8 nitrogen and oxygen atoms in total. The Kier molecular flexibility index (Phi) is 4.98. The largest absolute Gasteiger partial charge is 0.488 e. The van der Waals surface area contributed by atoms with Gasteiger partial charge in [0.1, 0.15) is 9.85 Å². The molecule has 86 valence electrons. The van der Waals surface area contributed by atoms with Gasteiger partial charge in [0.25, 0.3) is 0 Å². The van der Waals surface area contributed by atoms with Crippen molar-refractivity contribution >= 4 is 17.1 Å². The van der Waals surface area contributed by atoms with Crippen LogP contribution in [0.5, 0.6) is 0 Å². The zero-order valence-corrected chi connectivity index (χ0v) is 8.98. The molecule has 0 aliphatic heterocycles. The molecule has 0 unspecified atom stereocenters. The minimum absolute atomic E-state index is 0.437. The molecule has 0 saturated heterocycles. The first-order valence-corrected chi connectivity index (χ1v) is 4.91. The fourth-order valence-electron chi connectivity index (χ4n) is 0.527. The van der Waals surface area contributed by atoms with Crippen molar-refractivity contribution in [3.8, 4) is 0 Å². The lowest BCUT2D eigenvalue weighted by Crippen LogP contribution is -2.47. The molecule has 0 aromatic rings. The summed E-state index contributed by atoms with van der Waals surface area (Å²) in [7, 11) is 0. The molecule has 0 radical (unpaired) electrons. The SMILES string of the molecule is CCSC(=O)OCC(C)([N+](=O)[O-])[N+](=O)[O-]. The lowest BCUT2D eigenvalue weighted by molar-refractivity contribution is -0.793. The number of carbonyl (C=O) groups excluding carboxylic acids is 1. The van der Waals surface area contributed by atoms with Gasteiger partial charge in [0.15, 0.2) is 0 Å². The van der Waals surface area contributed by atoms with Crippen molar-refractivity contribution < 1.29 is 19.4 Å². The van der Waals surface area contributed by atoms with Crippen molar-refractivity contribution in [2.45, 2.75) is 19.5 Å². The van der Waals surface area contributed by atoms with E-state index in [9.17, 15) is 25.0 Å². The van der Waals surface area contributed by atoms with Gasteiger partial charge in [0.05, 0.1) is 6.92 Å². The molecular weight excluding hydrogens is 228 g/mol. The van der Waals surface area contributed by atoms with Gasteiger partial charge in [-0.25, -0.2) is 4.79 Å². The van der Waals surface area contributed by atoms with Crippen LogP contribution in [0.25, 0.3) is 0 Å². The van der Waals surface area contributed by atoms with Gasteiger partial charge in [0, 0.05) is 5.75 Å². The predicted octanol–water partition coefficient (Wildman–Crippen LogP) is 1.15. The first kappa shape index (κ1) is 13.6. The van der Waals surface area contributed by atoms with Crippen LogP contribution in [-0.4, -0.2) is 33.2 Å². The highest BCUT2D eigenvalue weighted by Crippen LogP contribution is 2.13. The van der Waals surface area contributed by atoms with E-state index in [1.807, 2.05) is 0 Å². The summed E-state index contributed by atoms with van der Waals surface area (Å²) in [5, 5.41) is 20.0. The number of rotatable bonds is 5. The van der Waals surface area contributed by atoms with E-state index in [2.05, 4.69) is 4.74 Å². The summed E-state index contributed by atoms with van der Waals surface area (Å²) >= 11 is 0.789. The van der Waals surface area contributed by atoms with Crippen LogP contribution in [0.3, 0.4) is 0 Å². The molecule has 15 heavy (non-hydrogen) atoms. The van der Waals surface area contributed by atoms with Crippen molar-refractivity contribution in [2.24, 2.45) is 0 Å². The molecule has 0 heterocycles. The van der Waals surface area contributed by atoms with Crippen molar-refractivity contribution in [2.75, 3.05) is 12.4 Å². The molecule has 9 heteroatoms. The number of hydrogen-bond acceptors (Lipinski definition) is 7. The summed E-state index contributed by atoms with van der Waals surface area (Å²) in [5.41, 5.74) is -2.48. The normalized spacial score (nSPS) is 10.8. The van der Waals surface area contributed by atoms with E-state index in [0.717, 1.165) is 18.7 Å². The van der Waals surface area contributed by atoms with E-state index >= 15 is 0 Å². The standard InChI is InChI=1S/C6H10N2O6S/c1-3-15-5(9)14-4-6(2,7(10)11)8(12)13/h3-4H2,1-2H3. The average Bonchev–Trinajstić information content (AvgIpc) is 2.14. The molecule has 0 amide bonds. The van der Waals surface area contributed by atoms with Crippen LogP contribution in [0, 0.1) is 20.2 Å². The molecule has 0 rings (SSSR count). The summed E-state index contributed by atoms with van der Waals surface area (Å²) in [6.07, 6.45) is 0. The second kappa shape index (κ2) is 5.49. The molecule has 0 aliphatic rings. The van der Waals surface area contributed by atoms with Crippen LogP contribution in [0.2, 0.25) is 0 Å². The van der Waals surface area contributed by atoms with E-state index < -0.39 is 27.4 Å². The summed E-state index contributed by atoms with van der Waals surface area (Å²) in [5.74, 6) is 0.437. The Morgan fingerprint density at radius 2 is 1.87 bits per heavy atom. The van der Waals surface area contributed by atoms with Gasteiger partial charge in [-0.2, -0.15) is 0 Å². The van der Waals surface area contributed by atoms with Crippen LogP contribution in [0.4, 0.5) is 4.79 Å². The average molecular weight is 238 g/mol. The number of nitro groups is 2. The van der Waals surface area contributed by atoms with Gasteiger partial charge < -0.3 is 4.74 Å². The Morgan fingerprint density at radius 3 is 2.20 bits per heavy atom. The van der Waals surface area contributed by atoms with Crippen LogP contribution in [-0.2, 0) is 4.74 Å². The van der Waals surface area contributed by atoms with Crippen LogP contribution in [0.15, 0.2) is 0 Å². The van der Waals surface area contributed by atoms with E-state index in [1.54, 1.807) is 6.92 Å². The highest BCUT2D eigenvalue weighted by atomic mass is 32.2. The quantitative estimate of drug-likeness (QED) is 0.305. The van der Waals surface area contributed by atoms with Gasteiger partial charge in [-0.05, 0) is 11.8 Å². The number of ether oxygens (including phenoxy) is 1. The monoisotopic (exact) mass is 238 g/mol. The summed E-state index contributed by atoms with van der Waals surface area (Å²) < 4.78 is 4.41. The Bertz CT molecular complexity index is 267. The predicted molar refractivity (Wildman–Crippen MR) is 51.9 cm³/mol. The molecule has 0 spiro atoms. The first-order valence-electron chi connectivity index (χ1n) is 3.93. The van der Waals surface area contributed by atoms with E-state index in [4.69, 9.17) is 0 Å². The van der Waals surface area contributed by atoms with Crippen molar-refractivity contribution in [3.05, 3.63) is 20.2 Å². The third kappa shape index (κ3) is 3.70. The maximum absolute atomic E-state index is 10.8. The number of carbonyl (C=O) groups is 1. The molecule has 0 saturated carbocycles. The smallest absolute Gasteiger partial charge is 0.442 e. The van der Waals surface area contributed by atoms with Gasteiger partial charge >= 0.3 is 11.0 Å². The van der Waals surface area contributed by atoms with Crippen LogP contribution < -0.4 is 0 Å². The van der Waals surface area contributed by atoms with Gasteiger partial charge in [-0.15, -0.1) is 0 Å². The second-order valence-electron chi connectivity index (χ2n) is 2.70. The maximum atomic E-state index is 10.8.